The number of hydrogen-bond donors (Lipinski definition) is 1. The molecule has 0 unspecified atom stereocenters. The fourth-order valence-electron chi connectivity index (χ4n) is 2.92. The fourth-order valence-corrected chi connectivity index (χ4v) is 4.56. The smallest absolute Gasteiger partial charge is 0.0701 e. The molecule has 0 atom stereocenters. The number of hydrogen-bond acceptors (Lipinski definition) is 2. The van der Waals surface area contributed by atoms with Crippen molar-refractivity contribution in [2.45, 2.75) is 57.4 Å². The molecule has 17 heavy (non-hydrogen) atoms. The van der Waals surface area contributed by atoms with E-state index < -0.39 is 0 Å². The van der Waals surface area contributed by atoms with Gasteiger partial charge in [0.05, 0.1) is 3.79 Å². The fraction of sp³-hybridized carbons (Fsp3) is 0.714. The number of thiophene rings is 1. The highest BCUT2D eigenvalue weighted by molar-refractivity contribution is 9.11. The number of nitrogens with two attached hydrogens (primary N) is 1. The molecule has 0 aliphatic heterocycles. The van der Waals surface area contributed by atoms with E-state index in [4.69, 9.17) is 5.73 Å². The maximum absolute atomic E-state index is 6.55. The summed E-state index contributed by atoms with van der Waals surface area (Å²) in [6.45, 7) is 2.29. The van der Waals surface area contributed by atoms with Gasteiger partial charge in [0, 0.05) is 10.4 Å². The lowest BCUT2D eigenvalue weighted by Crippen LogP contribution is -2.45. The second-order valence-corrected chi connectivity index (χ2v) is 8.02. The highest BCUT2D eigenvalue weighted by Gasteiger charge is 2.31. The zero-order valence-corrected chi connectivity index (χ0v) is 12.9. The molecule has 3 heteroatoms. The van der Waals surface area contributed by atoms with Crippen LogP contribution in [0.25, 0.3) is 0 Å². The van der Waals surface area contributed by atoms with Crippen molar-refractivity contribution in [1.82, 2.24) is 0 Å². The van der Waals surface area contributed by atoms with Crippen LogP contribution in [0.5, 0.6) is 0 Å². The molecule has 1 aromatic rings. The summed E-state index contributed by atoms with van der Waals surface area (Å²) in [6.07, 6.45) is 8.83. The topological polar surface area (TPSA) is 26.0 Å². The number of rotatable bonds is 4. The molecular weight excluding hydrogens is 294 g/mol. The van der Waals surface area contributed by atoms with Crippen LogP contribution in [0, 0.1) is 5.92 Å². The molecule has 0 spiro atoms. The van der Waals surface area contributed by atoms with Crippen LogP contribution in [0.4, 0.5) is 0 Å². The van der Waals surface area contributed by atoms with E-state index in [0.717, 1.165) is 12.3 Å². The van der Waals surface area contributed by atoms with E-state index in [9.17, 15) is 0 Å². The number of halogens is 1. The zero-order chi connectivity index (χ0) is 12.3. The lowest BCUT2D eigenvalue weighted by molar-refractivity contribution is 0.224. The minimum absolute atomic E-state index is 0.0640. The van der Waals surface area contributed by atoms with Crippen molar-refractivity contribution in [1.29, 1.82) is 0 Å². The van der Waals surface area contributed by atoms with Gasteiger partial charge < -0.3 is 5.73 Å². The predicted molar refractivity (Wildman–Crippen MR) is 79.5 cm³/mol. The molecule has 1 aromatic heterocycles. The molecule has 1 fully saturated rings. The molecule has 1 nitrogen and oxygen atoms in total. The first-order valence-electron chi connectivity index (χ1n) is 6.64. The van der Waals surface area contributed by atoms with Crippen LogP contribution in [-0.4, -0.2) is 5.54 Å². The first kappa shape index (κ1) is 13.6. The van der Waals surface area contributed by atoms with Crippen molar-refractivity contribution in [3.63, 3.8) is 0 Å². The van der Waals surface area contributed by atoms with Gasteiger partial charge in [-0.05, 0) is 66.1 Å². The second-order valence-electron chi connectivity index (χ2n) is 5.48. The summed E-state index contributed by atoms with van der Waals surface area (Å²) in [5.74, 6) is 0.937. The Kier molecular flexibility index (Phi) is 4.67. The maximum Gasteiger partial charge on any atom is 0.0701 e. The third-order valence-electron chi connectivity index (χ3n) is 3.95. The van der Waals surface area contributed by atoms with Gasteiger partial charge in [0.2, 0.25) is 0 Å². The molecule has 1 saturated carbocycles. The third-order valence-corrected chi connectivity index (χ3v) is 5.58. The van der Waals surface area contributed by atoms with Gasteiger partial charge in [0.1, 0.15) is 0 Å². The van der Waals surface area contributed by atoms with E-state index in [1.54, 1.807) is 0 Å². The van der Waals surface area contributed by atoms with Crippen molar-refractivity contribution in [3.05, 3.63) is 20.8 Å². The molecule has 2 N–H and O–H groups in total. The highest BCUT2D eigenvalue weighted by Crippen LogP contribution is 2.36. The first-order valence-corrected chi connectivity index (χ1v) is 8.25. The van der Waals surface area contributed by atoms with Crippen molar-refractivity contribution >= 4 is 27.3 Å². The Hall–Kier alpha value is 0.140. The Bertz CT molecular complexity index is 353. The normalized spacial score (nSPS) is 29.5. The van der Waals surface area contributed by atoms with Crippen LogP contribution >= 0.6 is 27.3 Å². The van der Waals surface area contributed by atoms with Crippen molar-refractivity contribution in [2.75, 3.05) is 0 Å². The summed E-state index contributed by atoms with van der Waals surface area (Å²) in [7, 11) is 0. The molecule has 0 bridgehead atoms. The first-order chi connectivity index (χ1) is 8.11. The van der Waals surface area contributed by atoms with Gasteiger partial charge >= 0.3 is 0 Å². The van der Waals surface area contributed by atoms with Gasteiger partial charge in [-0.25, -0.2) is 0 Å². The summed E-state index contributed by atoms with van der Waals surface area (Å²) >= 11 is 5.35. The maximum atomic E-state index is 6.55. The van der Waals surface area contributed by atoms with Gasteiger partial charge in [-0.15, -0.1) is 11.3 Å². The molecule has 1 aliphatic rings. The standard InChI is InChI=1S/C14H22BrNS/c1-2-3-11-6-8-14(16,9-7-11)10-12-4-5-13(15)17-12/h4-5,11H,2-3,6-10,16H2,1H3. The summed E-state index contributed by atoms with van der Waals surface area (Å²) in [5, 5.41) is 0. The minimum atomic E-state index is 0.0640. The van der Waals surface area contributed by atoms with E-state index in [1.807, 2.05) is 11.3 Å². The molecule has 2 rings (SSSR count). The molecule has 96 valence electrons. The quantitative estimate of drug-likeness (QED) is 0.853. The van der Waals surface area contributed by atoms with Crippen LogP contribution in [0.1, 0.15) is 50.3 Å². The lowest BCUT2D eigenvalue weighted by Gasteiger charge is -2.37. The molecule has 0 aromatic carbocycles. The molecular formula is C14H22BrNS. The lowest BCUT2D eigenvalue weighted by atomic mass is 9.74. The summed E-state index contributed by atoms with van der Waals surface area (Å²) < 4.78 is 1.22. The van der Waals surface area contributed by atoms with E-state index in [-0.39, 0.29) is 5.54 Å². The largest absolute Gasteiger partial charge is 0.325 e. The van der Waals surface area contributed by atoms with E-state index in [1.165, 1.54) is 47.2 Å². The van der Waals surface area contributed by atoms with Crippen LogP contribution < -0.4 is 5.73 Å². The third kappa shape index (κ3) is 3.80. The second kappa shape index (κ2) is 5.85. The van der Waals surface area contributed by atoms with Gasteiger partial charge in [-0.3, -0.25) is 0 Å². The Morgan fingerprint density at radius 2 is 2.12 bits per heavy atom. The van der Waals surface area contributed by atoms with Gasteiger partial charge in [0.15, 0.2) is 0 Å². The SMILES string of the molecule is CCCC1CCC(N)(Cc2ccc(Br)s2)CC1. The Balaban J connectivity index is 1.89. The van der Waals surface area contributed by atoms with Crippen LogP contribution in [0.3, 0.4) is 0 Å². The molecule has 0 saturated heterocycles. The predicted octanol–water partition coefficient (Wildman–Crippen LogP) is 4.74. The van der Waals surface area contributed by atoms with Gasteiger partial charge in [-0.1, -0.05) is 19.8 Å². The highest BCUT2D eigenvalue weighted by atomic mass is 79.9. The summed E-state index contributed by atoms with van der Waals surface area (Å²) in [6, 6.07) is 4.34. The van der Waals surface area contributed by atoms with Gasteiger partial charge in [-0.2, -0.15) is 0 Å². The van der Waals surface area contributed by atoms with Crippen LogP contribution in [0.2, 0.25) is 0 Å². The van der Waals surface area contributed by atoms with E-state index >= 15 is 0 Å². The van der Waals surface area contributed by atoms with Crippen molar-refractivity contribution < 1.29 is 0 Å². The van der Waals surface area contributed by atoms with Crippen molar-refractivity contribution in [2.24, 2.45) is 11.7 Å². The van der Waals surface area contributed by atoms with Gasteiger partial charge in [0.25, 0.3) is 0 Å². The molecule has 0 radical (unpaired) electrons. The average Bonchev–Trinajstić information content (AvgIpc) is 2.68. The summed E-state index contributed by atoms with van der Waals surface area (Å²) in [4.78, 5) is 1.42. The van der Waals surface area contributed by atoms with E-state index in [2.05, 4.69) is 35.0 Å². The zero-order valence-electron chi connectivity index (χ0n) is 10.5. The minimum Gasteiger partial charge on any atom is -0.325 e. The Morgan fingerprint density at radius 3 is 2.65 bits per heavy atom. The van der Waals surface area contributed by atoms with E-state index in [0.29, 0.717) is 0 Å². The summed E-state index contributed by atoms with van der Waals surface area (Å²) in [5.41, 5.74) is 6.61. The Morgan fingerprint density at radius 1 is 1.41 bits per heavy atom. The van der Waals surface area contributed by atoms with Crippen LogP contribution in [0.15, 0.2) is 15.9 Å². The Labute approximate surface area is 117 Å². The van der Waals surface area contributed by atoms with Crippen molar-refractivity contribution in [3.8, 4) is 0 Å². The average molecular weight is 316 g/mol. The monoisotopic (exact) mass is 315 g/mol. The molecule has 1 aliphatic carbocycles. The van der Waals surface area contributed by atoms with Crippen LogP contribution in [-0.2, 0) is 6.42 Å². The molecule has 1 heterocycles. The molecule has 0 amide bonds.